The molecule has 2 aromatic carbocycles. The second-order valence-electron chi connectivity index (χ2n) is 7.79. The predicted molar refractivity (Wildman–Crippen MR) is 123 cm³/mol. The first kappa shape index (κ1) is 23.9. The third kappa shape index (κ3) is 5.01. The highest BCUT2D eigenvalue weighted by molar-refractivity contribution is 6.52. The van der Waals surface area contributed by atoms with Crippen LogP contribution in [0.2, 0.25) is 0 Å². The van der Waals surface area contributed by atoms with Crippen LogP contribution in [0.4, 0.5) is 14.9 Å². The van der Waals surface area contributed by atoms with E-state index in [1.165, 1.54) is 42.7 Å². The summed E-state index contributed by atoms with van der Waals surface area (Å²) in [6.07, 6.45) is 2.83. The van der Waals surface area contributed by atoms with Crippen molar-refractivity contribution in [2.24, 2.45) is 0 Å². The molecule has 35 heavy (non-hydrogen) atoms. The van der Waals surface area contributed by atoms with E-state index in [4.69, 9.17) is 13.9 Å². The van der Waals surface area contributed by atoms with E-state index in [1.807, 2.05) is 13.8 Å². The number of hydrogen-bond acceptors (Lipinski definition) is 7. The Morgan fingerprint density at radius 3 is 2.29 bits per heavy atom. The van der Waals surface area contributed by atoms with Crippen LogP contribution in [0.1, 0.15) is 32.4 Å². The van der Waals surface area contributed by atoms with Crippen molar-refractivity contribution in [2.75, 3.05) is 18.1 Å². The lowest BCUT2D eigenvalue weighted by molar-refractivity contribution is -0.139. The summed E-state index contributed by atoms with van der Waals surface area (Å²) in [4.78, 5) is 44.3. The third-order valence-corrected chi connectivity index (χ3v) is 5.13. The first-order valence-corrected chi connectivity index (χ1v) is 11.2. The second kappa shape index (κ2) is 10.4. The smallest absolute Gasteiger partial charge is 0.339 e. The van der Waals surface area contributed by atoms with Gasteiger partial charge in [0.1, 0.15) is 12.1 Å². The van der Waals surface area contributed by atoms with Crippen LogP contribution in [0.5, 0.6) is 11.5 Å². The Hall–Kier alpha value is -4.21. The highest BCUT2D eigenvalue weighted by Gasteiger charge is 2.46. The molecule has 0 bridgehead atoms. The molecule has 0 radical (unpaired) electrons. The number of urea groups is 1. The summed E-state index contributed by atoms with van der Waals surface area (Å²) >= 11 is 0. The number of benzene rings is 2. The normalized spacial score (nSPS) is 13.6. The number of halogens is 1. The molecule has 182 valence electrons. The van der Waals surface area contributed by atoms with Crippen LogP contribution >= 0.6 is 0 Å². The first-order chi connectivity index (χ1) is 16.9. The van der Waals surface area contributed by atoms with E-state index in [0.29, 0.717) is 30.3 Å². The maximum Gasteiger partial charge on any atom is 0.339 e. The van der Waals surface area contributed by atoms with Gasteiger partial charge in [-0.1, -0.05) is 13.8 Å². The zero-order valence-electron chi connectivity index (χ0n) is 19.3. The number of imide groups is 2. The Morgan fingerprint density at radius 1 is 0.914 bits per heavy atom. The lowest BCUT2D eigenvalue weighted by Crippen LogP contribution is -2.33. The fourth-order valence-electron chi connectivity index (χ4n) is 3.43. The molecule has 1 aliphatic rings. The molecular formula is C25H24FN3O6. The summed E-state index contributed by atoms with van der Waals surface area (Å²) < 4.78 is 30.0. The van der Waals surface area contributed by atoms with Crippen LogP contribution in [-0.2, 0) is 16.1 Å². The lowest BCUT2D eigenvalue weighted by atomic mass is 10.2. The molecule has 0 N–H and O–H groups in total. The molecule has 0 spiro atoms. The lowest BCUT2D eigenvalue weighted by Gasteiger charge is -2.18. The maximum absolute atomic E-state index is 13.2. The second-order valence-corrected chi connectivity index (χ2v) is 7.79. The van der Waals surface area contributed by atoms with Crippen molar-refractivity contribution in [1.82, 2.24) is 9.88 Å². The van der Waals surface area contributed by atoms with Gasteiger partial charge in [-0.05, 0) is 49.2 Å². The first-order valence-electron chi connectivity index (χ1n) is 11.2. The number of anilines is 1. The van der Waals surface area contributed by atoms with Crippen molar-refractivity contribution < 1.29 is 32.7 Å². The number of carbonyl (C=O) groups excluding carboxylic acids is 3. The Kier molecular flexibility index (Phi) is 7.09. The fraction of sp³-hybridized carbons (Fsp3) is 0.280. The maximum atomic E-state index is 13.2. The summed E-state index contributed by atoms with van der Waals surface area (Å²) in [7, 11) is 0. The number of nitrogens with zero attached hydrogens (tertiary/aromatic N) is 3. The number of aromatic nitrogens is 1. The molecule has 0 aliphatic carbocycles. The van der Waals surface area contributed by atoms with Gasteiger partial charge in [0, 0.05) is 11.6 Å². The molecule has 1 aliphatic heterocycles. The van der Waals surface area contributed by atoms with Gasteiger partial charge in [-0.2, -0.15) is 0 Å². The van der Waals surface area contributed by atoms with Crippen LogP contribution in [0.15, 0.2) is 53.1 Å². The number of amides is 4. The summed E-state index contributed by atoms with van der Waals surface area (Å²) in [5.74, 6) is -1.31. The van der Waals surface area contributed by atoms with Gasteiger partial charge in [0.15, 0.2) is 11.5 Å². The van der Waals surface area contributed by atoms with Gasteiger partial charge >= 0.3 is 17.8 Å². The fourth-order valence-corrected chi connectivity index (χ4v) is 3.43. The topological polar surface area (TPSA) is 102 Å². The van der Waals surface area contributed by atoms with E-state index < -0.39 is 23.7 Å². The Balaban J connectivity index is 1.55. The molecule has 1 saturated heterocycles. The van der Waals surface area contributed by atoms with Crippen LogP contribution in [0, 0.1) is 5.82 Å². The number of oxazole rings is 1. The van der Waals surface area contributed by atoms with E-state index in [9.17, 15) is 18.8 Å². The number of ether oxygens (including phenoxy) is 2. The summed E-state index contributed by atoms with van der Waals surface area (Å²) in [6.45, 7) is 4.56. The van der Waals surface area contributed by atoms with Crippen molar-refractivity contribution >= 4 is 23.5 Å². The van der Waals surface area contributed by atoms with Gasteiger partial charge in [-0.15, -0.1) is 0 Å². The largest absolute Gasteiger partial charge is 0.490 e. The molecule has 0 unspecified atom stereocenters. The SMILES string of the molecule is CCCOc1ccc(N2C(=O)C(=O)N(Cc3coc(-c4ccc(F)cc4)n3)C2=O)cc1OCCC. The third-order valence-electron chi connectivity index (χ3n) is 5.13. The molecule has 2 heterocycles. The van der Waals surface area contributed by atoms with E-state index >= 15 is 0 Å². The number of carbonyl (C=O) groups is 3. The van der Waals surface area contributed by atoms with E-state index in [2.05, 4.69) is 4.98 Å². The molecule has 0 saturated carbocycles. The molecule has 1 aromatic heterocycles. The van der Waals surface area contributed by atoms with Gasteiger partial charge in [-0.3, -0.25) is 9.59 Å². The number of hydrogen-bond donors (Lipinski definition) is 0. The van der Waals surface area contributed by atoms with Gasteiger partial charge in [-0.25, -0.2) is 24.0 Å². The molecule has 1 fully saturated rings. The standard InChI is InChI=1S/C25H24FN3O6/c1-3-11-33-20-10-9-19(13-21(20)34-12-4-2)29-24(31)23(30)28(25(29)32)14-18-15-35-22(27-18)16-5-7-17(26)8-6-16/h5-10,13,15H,3-4,11-12,14H2,1-2H3. The Bertz CT molecular complexity index is 1240. The molecule has 4 rings (SSSR count). The minimum absolute atomic E-state index is 0.193. The highest BCUT2D eigenvalue weighted by atomic mass is 19.1. The van der Waals surface area contributed by atoms with Crippen LogP contribution < -0.4 is 14.4 Å². The van der Waals surface area contributed by atoms with Crippen LogP contribution in [0.3, 0.4) is 0 Å². The molecular weight excluding hydrogens is 457 g/mol. The molecule has 3 aromatic rings. The van der Waals surface area contributed by atoms with Crippen LogP contribution in [0.25, 0.3) is 11.5 Å². The van der Waals surface area contributed by atoms with Crippen molar-refractivity contribution in [2.45, 2.75) is 33.2 Å². The number of rotatable bonds is 10. The average Bonchev–Trinajstić information content (AvgIpc) is 3.41. The van der Waals surface area contributed by atoms with Crippen LogP contribution in [-0.4, -0.2) is 40.9 Å². The van der Waals surface area contributed by atoms with E-state index in [-0.39, 0.29) is 23.8 Å². The van der Waals surface area contributed by atoms with E-state index in [0.717, 1.165) is 22.6 Å². The average molecular weight is 481 g/mol. The van der Waals surface area contributed by atoms with Gasteiger partial charge in [0.05, 0.1) is 31.1 Å². The van der Waals surface area contributed by atoms with Gasteiger partial charge in [0.2, 0.25) is 5.89 Å². The quantitative estimate of drug-likeness (QED) is 0.309. The van der Waals surface area contributed by atoms with Crippen molar-refractivity contribution in [1.29, 1.82) is 0 Å². The van der Waals surface area contributed by atoms with Gasteiger partial charge < -0.3 is 13.9 Å². The van der Waals surface area contributed by atoms with Gasteiger partial charge in [0.25, 0.3) is 0 Å². The zero-order valence-corrected chi connectivity index (χ0v) is 19.3. The summed E-state index contributed by atoms with van der Waals surface area (Å²) in [5, 5.41) is 0. The van der Waals surface area contributed by atoms with Crippen molar-refractivity contribution in [3.63, 3.8) is 0 Å². The predicted octanol–water partition coefficient (Wildman–Crippen LogP) is 4.55. The van der Waals surface area contributed by atoms with E-state index in [1.54, 1.807) is 6.07 Å². The summed E-state index contributed by atoms with van der Waals surface area (Å²) in [5.41, 5.74) is 0.980. The minimum Gasteiger partial charge on any atom is -0.490 e. The molecule has 0 atom stereocenters. The molecule has 10 heteroatoms. The minimum atomic E-state index is -0.985. The Labute approximate surface area is 201 Å². The highest BCUT2D eigenvalue weighted by Crippen LogP contribution is 2.34. The Morgan fingerprint density at radius 2 is 1.60 bits per heavy atom. The monoisotopic (exact) mass is 481 g/mol. The molecule has 9 nitrogen and oxygen atoms in total. The molecule has 4 amide bonds. The van der Waals surface area contributed by atoms with Crippen molar-refractivity contribution in [3.8, 4) is 23.0 Å². The summed E-state index contributed by atoms with van der Waals surface area (Å²) in [6, 6.07) is 9.35. The zero-order chi connectivity index (χ0) is 24.9. The van der Waals surface area contributed by atoms with Crippen molar-refractivity contribution in [3.05, 3.63) is 60.2 Å².